The van der Waals surface area contributed by atoms with Crippen molar-refractivity contribution in [2.45, 2.75) is 38.6 Å². The van der Waals surface area contributed by atoms with E-state index in [2.05, 4.69) is 11.9 Å². The average molecular weight is 285 g/mol. The lowest BCUT2D eigenvalue weighted by Gasteiger charge is -2.28. The molecule has 0 aromatic carbocycles. The Bertz CT molecular complexity index is 457. The van der Waals surface area contributed by atoms with Crippen LogP contribution in [0.15, 0.2) is 12.7 Å². The summed E-state index contributed by atoms with van der Waals surface area (Å²) in [4.78, 5) is 11.8. The summed E-state index contributed by atoms with van der Waals surface area (Å²) < 4.78 is 23.1. The zero-order valence-corrected chi connectivity index (χ0v) is 12.3. The van der Waals surface area contributed by atoms with Crippen LogP contribution in [0.1, 0.15) is 32.6 Å². The van der Waals surface area contributed by atoms with Crippen LogP contribution in [-0.4, -0.2) is 31.9 Å². The zero-order chi connectivity index (χ0) is 14.0. The molecular formula is C14H23NO3S. The molecule has 0 saturated heterocycles. The Hall–Kier alpha value is -0.840. The molecule has 4 unspecified atom stereocenters. The summed E-state index contributed by atoms with van der Waals surface area (Å²) in [5.74, 6) is 1.15. The highest BCUT2D eigenvalue weighted by Gasteiger charge is 2.42. The van der Waals surface area contributed by atoms with Crippen LogP contribution in [0.4, 0.5) is 0 Å². The molecule has 0 aromatic heterocycles. The Morgan fingerprint density at radius 3 is 2.68 bits per heavy atom. The van der Waals surface area contributed by atoms with Gasteiger partial charge in [-0.3, -0.25) is 4.79 Å². The van der Waals surface area contributed by atoms with E-state index in [1.807, 2.05) is 6.92 Å². The number of hydrogen-bond acceptors (Lipinski definition) is 3. The highest BCUT2D eigenvalue weighted by atomic mass is 32.2. The lowest BCUT2D eigenvalue weighted by atomic mass is 9.84. The first-order valence-corrected chi connectivity index (χ1v) is 8.84. The third-order valence-corrected chi connectivity index (χ3v) is 5.99. The van der Waals surface area contributed by atoms with Crippen LogP contribution in [0.3, 0.4) is 0 Å². The number of nitrogens with one attached hydrogen (secondary N) is 1. The fourth-order valence-corrected chi connectivity index (χ4v) is 4.71. The molecule has 19 heavy (non-hydrogen) atoms. The van der Waals surface area contributed by atoms with Crippen molar-refractivity contribution >= 4 is 15.7 Å². The van der Waals surface area contributed by atoms with Crippen LogP contribution >= 0.6 is 0 Å². The van der Waals surface area contributed by atoms with Crippen LogP contribution in [0.25, 0.3) is 0 Å². The number of sulfone groups is 1. The zero-order valence-electron chi connectivity index (χ0n) is 11.5. The summed E-state index contributed by atoms with van der Waals surface area (Å²) in [6, 6.07) is 0.0849. The quantitative estimate of drug-likeness (QED) is 0.753. The van der Waals surface area contributed by atoms with Crippen LogP contribution in [-0.2, 0) is 14.6 Å². The van der Waals surface area contributed by atoms with Gasteiger partial charge in [-0.2, -0.15) is 0 Å². The van der Waals surface area contributed by atoms with Gasteiger partial charge >= 0.3 is 0 Å². The van der Waals surface area contributed by atoms with E-state index in [1.165, 1.54) is 31.8 Å². The Kier molecular flexibility index (Phi) is 4.33. The molecule has 1 N–H and O–H groups in total. The number of fused-ring (bicyclic) bond motifs is 2. The van der Waals surface area contributed by atoms with E-state index in [1.54, 1.807) is 0 Å². The van der Waals surface area contributed by atoms with Crippen molar-refractivity contribution in [1.82, 2.24) is 5.32 Å². The fourth-order valence-electron chi connectivity index (χ4n) is 3.75. The molecule has 108 valence electrons. The van der Waals surface area contributed by atoms with E-state index in [-0.39, 0.29) is 17.7 Å². The second-order valence-electron chi connectivity index (χ2n) is 6.04. The van der Waals surface area contributed by atoms with Gasteiger partial charge in [-0.25, -0.2) is 8.42 Å². The molecule has 0 radical (unpaired) electrons. The molecule has 2 aliphatic rings. The van der Waals surface area contributed by atoms with Gasteiger partial charge in [0.15, 0.2) is 9.84 Å². The molecule has 0 heterocycles. The maximum absolute atomic E-state index is 11.8. The van der Waals surface area contributed by atoms with Crippen LogP contribution in [0, 0.1) is 17.8 Å². The van der Waals surface area contributed by atoms with Crippen LogP contribution in [0.2, 0.25) is 0 Å². The minimum Gasteiger partial charge on any atom is -0.352 e. The molecule has 1 amide bonds. The molecule has 2 aliphatic carbocycles. The molecule has 0 spiro atoms. The molecule has 5 heteroatoms. The number of carbonyl (C=O) groups is 1. The summed E-state index contributed by atoms with van der Waals surface area (Å²) in [6.45, 7) is 5.40. The summed E-state index contributed by atoms with van der Waals surface area (Å²) in [5.41, 5.74) is 0. The van der Waals surface area contributed by atoms with Gasteiger partial charge in [-0.15, -0.1) is 6.58 Å². The Morgan fingerprint density at radius 2 is 2.16 bits per heavy atom. The largest absolute Gasteiger partial charge is 0.352 e. The second-order valence-corrected chi connectivity index (χ2v) is 8.15. The van der Waals surface area contributed by atoms with E-state index in [0.717, 1.165) is 11.8 Å². The summed E-state index contributed by atoms with van der Waals surface area (Å²) in [5, 5.41) is 2.87. The van der Waals surface area contributed by atoms with Gasteiger partial charge in [0.05, 0.1) is 5.75 Å². The van der Waals surface area contributed by atoms with Crippen molar-refractivity contribution in [3.63, 3.8) is 0 Å². The summed E-state index contributed by atoms with van der Waals surface area (Å²) in [6.07, 6.45) is 6.40. The van der Waals surface area contributed by atoms with Gasteiger partial charge in [0.1, 0.15) is 5.75 Å². The predicted molar refractivity (Wildman–Crippen MR) is 75.4 cm³/mol. The SMILES string of the molecule is C=CCS(=O)(=O)CC(=O)NC(C)C1CC2CCC1C2. The van der Waals surface area contributed by atoms with Gasteiger partial charge in [-0.1, -0.05) is 12.5 Å². The monoisotopic (exact) mass is 285 g/mol. The number of hydrogen-bond donors (Lipinski definition) is 1. The molecule has 0 aromatic rings. The lowest BCUT2D eigenvalue weighted by molar-refractivity contribution is -0.119. The number of carbonyl (C=O) groups excluding carboxylic acids is 1. The fraction of sp³-hybridized carbons (Fsp3) is 0.786. The summed E-state index contributed by atoms with van der Waals surface area (Å²) >= 11 is 0. The van der Waals surface area contributed by atoms with Gasteiger partial charge in [0.2, 0.25) is 5.91 Å². The van der Waals surface area contributed by atoms with E-state index < -0.39 is 15.6 Å². The maximum Gasteiger partial charge on any atom is 0.235 e. The van der Waals surface area contributed by atoms with Crippen LogP contribution < -0.4 is 5.32 Å². The van der Waals surface area contributed by atoms with Gasteiger partial charge < -0.3 is 5.32 Å². The predicted octanol–water partition coefficient (Wildman–Crippen LogP) is 1.53. The minimum absolute atomic E-state index is 0.0849. The molecule has 2 rings (SSSR count). The average Bonchev–Trinajstić information content (AvgIpc) is 2.88. The lowest BCUT2D eigenvalue weighted by Crippen LogP contribution is -2.42. The van der Waals surface area contributed by atoms with Crippen molar-refractivity contribution in [2.75, 3.05) is 11.5 Å². The molecule has 2 saturated carbocycles. The van der Waals surface area contributed by atoms with Gasteiger partial charge in [0.25, 0.3) is 0 Å². The number of rotatable bonds is 6. The molecule has 4 nitrogen and oxygen atoms in total. The highest BCUT2D eigenvalue weighted by molar-refractivity contribution is 7.92. The molecule has 2 fully saturated rings. The smallest absolute Gasteiger partial charge is 0.235 e. The van der Waals surface area contributed by atoms with Crippen molar-refractivity contribution in [1.29, 1.82) is 0 Å². The highest BCUT2D eigenvalue weighted by Crippen LogP contribution is 2.49. The van der Waals surface area contributed by atoms with Crippen molar-refractivity contribution in [3.05, 3.63) is 12.7 Å². The third-order valence-electron chi connectivity index (χ3n) is 4.55. The van der Waals surface area contributed by atoms with Crippen molar-refractivity contribution in [2.24, 2.45) is 17.8 Å². The van der Waals surface area contributed by atoms with Gasteiger partial charge in [0, 0.05) is 6.04 Å². The first-order valence-electron chi connectivity index (χ1n) is 7.02. The molecule has 2 bridgehead atoms. The van der Waals surface area contributed by atoms with Gasteiger partial charge in [-0.05, 0) is 43.9 Å². The minimum atomic E-state index is -3.34. The first-order chi connectivity index (χ1) is 8.91. The second kappa shape index (κ2) is 5.65. The first kappa shape index (κ1) is 14.6. The standard InChI is InChI=1S/C14H23NO3S/c1-3-6-19(17,18)9-14(16)15-10(2)13-8-11-4-5-12(13)7-11/h3,10-13H,1,4-9H2,2H3,(H,15,16). The maximum atomic E-state index is 11.8. The Labute approximate surface area is 115 Å². The normalized spacial score (nSPS) is 31.1. The Morgan fingerprint density at radius 1 is 1.42 bits per heavy atom. The van der Waals surface area contributed by atoms with Crippen LogP contribution in [0.5, 0.6) is 0 Å². The number of amides is 1. The Balaban J connectivity index is 1.84. The van der Waals surface area contributed by atoms with E-state index in [9.17, 15) is 13.2 Å². The topological polar surface area (TPSA) is 63.2 Å². The molecule has 4 atom stereocenters. The van der Waals surface area contributed by atoms with Crippen molar-refractivity contribution in [3.8, 4) is 0 Å². The molecule has 0 aliphatic heterocycles. The van der Waals surface area contributed by atoms with Crippen molar-refractivity contribution < 1.29 is 13.2 Å². The summed E-state index contributed by atoms with van der Waals surface area (Å²) in [7, 11) is -3.34. The third kappa shape index (κ3) is 3.59. The van der Waals surface area contributed by atoms with E-state index >= 15 is 0 Å². The van der Waals surface area contributed by atoms with E-state index in [0.29, 0.717) is 5.92 Å². The molecular weight excluding hydrogens is 262 g/mol. The van der Waals surface area contributed by atoms with E-state index in [4.69, 9.17) is 0 Å².